The molecule has 0 spiro atoms. The first-order valence-electron chi connectivity index (χ1n) is 9.11. The standard InChI is InChI=1S/C19H27N5O2/c1-4-23(14-18-20-9-12-22(18)2)19(25)15-5-6-17(21-13-15)24-10-7-16(26-3)8-11-24/h5-6,9,12-13,16H,4,7-8,10-11,14H2,1-3H3. The third-order valence-electron chi connectivity index (χ3n) is 5.02. The lowest BCUT2D eigenvalue weighted by molar-refractivity contribution is 0.0747. The molecule has 7 heteroatoms. The van der Waals surface area contributed by atoms with Gasteiger partial charge in [0, 0.05) is 52.4 Å². The van der Waals surface area contributed by atoms with Gasteiger partial charge in [-0.15, -0.1) is 0 Å². The summed E-state index contributed by atoms with van der Waals surface area (Å²) in [5, 5.41) is 0. The Hall–Kier alpha value is -2.41. The van der Waals surface area contributed by atoms with Gasteiger partial charge in [-0.1, -0.05) is 0 Å². The van der Waals surface area contributed by atoms with Crippen LogP contribution >= 0.6 is 0 Å². The van der Waals surface area contributed by atoms with E-state index >= 15 is 0 Å². The van der Waals surface area contributed by atoms with E-state index in [-0.39, 0.29) is 5.91 Å². The monoisotopic (exact) mass is 357 g/mol. The van der Waals surface area contributed by atoms with Crippen molar-refractivity contribution in [3.05, 3.63) is 42.1 Å². The second-order valence-electron chi connectivity index (χ2n) is 6.60. The van der Waals surface area contributed by atoms with Gasteiger partial charge in [0.15, 0.2) is 0 Å². The third-order valence-corrected chi connectivity index (χ3v) is 5.02. The first-order valence-corrected chi connectivity index (χ1v) is 9.11. The van der Waals surface area contributed by atoms with Crippen molar-refractivity contribution in [2.24, 2.45) is 7.05 Å². The van der Waals surface area contributed by atoms with Crippen LogP contribution in [-0.4, -0.2) is 58.2 Å². The van der Waals surface area contributed by atoms with Crippen LogP contribution in [0.2, 0.25) is 0 Å². The zero-order valence-corrected chi connectivity index (χ0v) is 15.8. The van der Waals surface area contributed by atoms with Crippen LogP contribution in [0.15, 0.2) is 30.7 Å². The molecule has 0 aliphatic carbocycles. The van der Waals surface area contributed by atoms with Crippen LogP contribution in [0.1, 0.15) is 35.9 Å². The summed E-state index contributed by atoms with van der Waals surface area (Å²) in [6.45, 7) is 4.95. The summed E-state index contributed by atoms with van der Waals surface area (Å²) in [6, 6.07) is 3.81. The second kappa shape index (κ2) is 8.31. The van der Waals surface area contributed by atoms with E-state index in [0.29, 0.717) is 24.8 Å². The Morgan fingerprint density at radius 1 is 1.31 bits per heavy atom. The molecule has 140 valence electrons. The molecule has 1 aliphatic rings. The summed E-state index contributed by atoms with van der Waals surface area (Å²) in [7, 11) is 3.70. The van der Waals surface area contributed by atoms with Crippen molar-refractivity contribution in [2.45, 2.75) is 32.4 Å². The smallest absolute Gasteiger partial charge is 0.255 e. The summed E-state index contributed by atoms with van der Waals surface area (Å²) in [6.07, 6.45) is 7.67. The SMILES string of the molecule is CCN(Cc1nccn1C)C(=O)c1ccc(N2CCC(OC)CC2)nc1. The van der Waals surface area contributed by atoms with E-state index in [4.69, 9.17) is 4.74 Å². The molecular weight excluding hydrogens is 330 g/mol. The summed E-state index contributed by atoms with van der Waals surface area (Å²) < 4.78 is 7.34. The molecule has 2 aromatic rings. The molecule has 3 heterocycles. The number of pyridine rings is 1. The van der Waals surface area contributed by atoms with E-state index in [0.717, 1.165) is 37.6 Å². The van der Waals surface area contributed by atoms with Gasteiger partial charge in [0.1, 0.15) is 11.6 Å². The molecule has 1 amide bonds. The van der Waals surface area contributed by atoms with E-state index in [1.54, 1.807) is 24.4 Å². The molecule has 0 atom stereocenters. The summed E-state index contributed by atoms with van der Waals surface area (Å²) in [5.41, 5.74) is 0.608. The number of piperidine rings is 1. The molecule has 3 rings (SSSR count). The molecule has 0 unspecified atom stereocenters. The van der Waals surface area contributed by atoms with E-state index < -0.39 is 0 Å². The highest BCUT2D eigenvalue weighted by molar-refractivity contribution is 5.94. The van der Waals surface area contributed by atoms with Crippen molar-refractivity contribution in [1.29, 1.82) is 0 Å². The zero-order chi connectivity index (χ0) is 18.5. The largest absolute Gasteiger partial charge is 0.381 e. The van der Waals surface area contributed by atoms with Crippen LogP contribution in [0.25, 0.3) is 0 Å². The molecule has 1 saturated heterocycles. The van der Waals surface area contributed by atoms with E-state index in [2.05, 4.69) is 14.9 Å². The summed E-state index contributed by atoms with van der Waals surface area (Å²) >= 11 is 0. The fourth-order valence-corrected chi connectivity index (χ4v) is 3.25. The second-order valence-corrected chi connectivity index (χ2v) is 6.60. The number of ether oxygens (including phenoxy) is 1. The Balaban J connectivity index is 1.65. The number of carbonyl (C=O) groups excluding carboxylic acids is 1. The first-order chi connectivity index (χ1) is 12.6. The number of hydrogen-bond donors (Lipinski definition) is 0. The fourth-order valence-electron chi connectivity index (χ4n) is 3.25. The maximum Gasteiger partial charge on any atom is 0.255 e. The summed E-state index contributed by atoms with van der Waals surface area (Å²) in [4.78, 5) is 25.7. The lowest BCUT2D eigenvalue weighted by atomic mass is 10.1. The molecule has 2 aromatic heterocycles. The number of aromatic nitrogens is 3. The molecule has 1 fully saturated rings. The molecule has 0 aromatic carbocycles. The topological polar surface area (TPSA) is 63.5 Å². The molecule has 7 nitrogen and oxygen atoms in total. The van der Waals surface area contributed by atoms with Crippen LogP contribution in [0.5, 0.6) is 0 Å². The van der Waals surface area contributed by atoms with E-state index in [1.807, 2.05) is 36.9 Å². The number of imidazole rings is 1. The minimum Gasteiger partial charge on any atom is -0.381 e. The van der Waals surface area contributed by atoms with Gasteiger partial charge in [0.25, 0.3) is 5.91 Å². The molecular formula is C19H27N5O2. The van der Waals surface area contributed by atoms with E-state index in [9.17, 15) is 4.79 Å². The minimum absolute atomic E-state index is 0.0207. The average Bonchev–Trinajstić information content (AvgIpc) is 3.10. The zero-order valence-electron chi connectivity index (χ0n) is 15.8. The van der Waals surface area contributed by atoms with Gasteiger partial charge in [-0.25, -0.2) is 9.97 Å². The van der Waals surface area contributed by atoms with Gasteiger partial charge in [-0.3, -0.25) is 4.79 Å². The van der Waals surface area contributed by atoms with Crippen molar-refractivity contribution < 1.29 is 9.53 Å². The average molecular weight is 357 g/mol. The van der Waals surface area contributed by atoms with Crippen molar-refractivity contribution >= 4 is 11.7 Å². The maximum atomic E-state index is 12.8. The van der Waals surface area contributed by atoms with Gasteiger partial charge >= 0.3 is 0 Å². The number of methoxy groups -OCH3 is 1. The number of amides is 1. The lowest BCUT2D eigenvalue weighted by Gasteiger charge is -2.32. The van der Waals surface area contributed by atoms with Crippen LogP contribution in [0.4, 0.5) is 5.82 Å². The number of carbonyl (C=O) groups is 1. The Bertz CT molecular complexity index is 720. The van der Waals surface area contributed by atoms with Gasteiger partial charge in [0.2, 0.25) is 0 Å². The van der Waals surface area contributed by atoms with Gasteiger partial charge in [-0.2, -0.15) is 0 Å². The van der Waals surface area contributed by atoms with Crippen LogP contribution in [-0.2, 0) is 18.3 Å². The van der Waals surface area contributed by atoms with Gasteiger partial charge < -0.3 is 19.1 Å². The van der Waals surface area contributed by atoms with Crippen molar-refractivity contribution in [3.8, 4) is 0 Å². The van der Waals surface area contributed by atoms with E-state index in [1.165, 1.54) is 0 Å². The van der Waals surface area contributed by atoms with Gasteiger partial charge in [-0.05, 0) is 31.9 Å². The number of anilines is 1. The van der Waals surface area contributed by atoms with Crippen molar-refractivity contribution in [2.75, 3.05) is 31.6 Å². The maximum absolute atomic E-state index is 12.8. The third kappa shape index (κ3) is 4.04. The highest BCUT2D eigenvalue weighted by Crippen LogP contribution is 2.20. The molecule has 0 saturated carbocycles. The fraction of sp³-hybridized carbons (Fsp3) is 0.526. The van der Waals surface area contributed by atoms with Crippen LogP contribution < -0.4 is 4.90 Å². The quantitative estimate of drug-likeness (QED) is 0.792. The van der Waals surface area contributed by atoms with Crippen molar-refractivity contribution in [1.82, 2.24) is 19.4 Å². The minimum atomic E-state index is -0.0207. The van der Waals surface area contributed by atoms with Crippen LogP contribution in [0, 0.1) is 0 Å². The highest BCUT2D eigenvalue weighted by atomic mass is 16.5. The van der Waals surface area contributed by atoms with Crippen molar-refractivity contribution in [3.63, 3.8) is 0 Å². The van der Waals surface area contributed by atoms with Crippen LogP contribution in [0.3, 0.4) is 0 Å². The Kier molecular flexibility index (Phi) is 5.88. The first kappa shape index (κ1) is 18.4. The summed E-state index contributed by atoms with van der Waals surface area (Å²) in [5.74, 6) is 1.77. The normalized spacial score (nSPS) is 15.3. The molecule has 26 heavy (non-hydrogen) atoms. The molecule has 0 radical (unpaired) electrons. The molecule has 0 N–H and O–H groups in total. The Morgan fingerprint density at radius 3 is 2.62 bits per heavy atom. The number of nitrogens with zero attached hydrogens (tertiary/aromatic N) is 5. The van der Waals surface area contributed by atoms with Gasteiger partial charge in [0.05, 0.1) is 18.2 Å². The lowest BCUT2D eigenvalue weighted by Crippen LogP contribution is -2.37. The highest BCUT2D eigenvalue weighted by Gasteiger charge is 2.21. The predicted molar refractivity (Wildman–Crippen MR) is 100 cm³/mol. The Morgan fingerprint density at radius 2 is 2.08 bits per heavy atom. The number of hydrogen-bond acceptors (Lipinski definition) is 5. The molecule has 0 bridgehead atoms. The molecule has 1 aliphatic heterocycles. The predicted octanol–water partition coefficient (Wildman–Crippen LogP) is 2.09. The number of aryl methyl sites for hydroxylation is 1. The number of rotatable bonds is 6. The Labute approximate surface area is 154 Å².